The van der Waals surface area contributed by atoms with E-state index in [0.717, 1.165) is 12.8 Å². The normalized spacial score (nSPS) is 15.2. The molecule has 4 aromatic rings. The van der Waals surface area contributed by atoms with Crippen molar-refractivity contribution < 1.29 is 14.3 Å². The highest BCUT2D eigenvalue weighted by Gasteiger charge is 2.36. The van der Waals surface area contributed by atoms with E-state index in [9.17, 15) is 9.90 Å². The van der Waals surface area contributed by atoms with Gasteiger partial charge in [0.05, 0.1) is 40.9 Å². The molecule has 10 heteroatoms. The van der Waals surface area contributed by atoms with Crippen LogP contribution in [0.25, 0.3) is 27.8 Å². The van der Waals surface area contributed by atoms with Crippen LogP contribution in [0.3, 0.4) is 0 Å². The molecule has 0 aliphatic heterocycles. The zero-order valence-corrected chi connectivity index (χ0v) is 15.1. The number of hydrogen-bond donors (Lipinski definition) is 3. The van der Waals surface area contributed by atoms with Crippen molar-refractivity contribution in [3.8, 4) is 11.3 Å². The van der Waals surface area contributed by atoms with Gasteiger partial charge in [-0.1, -0.05) is 11.6 Å². The Bertz CT molecular complexity index is 1230. The minimum absolute atomic E-state index is 0.0343. The summed E-state index contributed by atoms with van der Waals surface area (Å²) in [6.07, 6.45) is 7.59. The topological polar surface area (TPSA) is 108 Å². The summed E-state index contributed by atoms with van der Waals surface area (Å²) in [4.78, 5) is 19.2. The number of amides is 1. The maximum atomic E-state index is 15.2. The van der Waals surface area contributed by atoms with Gasteiger partial charge in [-0.15, -0.1) is 0 Å². The molecular weight excluding hydrogens is 387 g/mol. The summed E-state index contributed by atoms with van der Waals surface area (Å²) in [6, 6.07) is 0. The molecular formula is C18H14ClFN6O2. The SMILES string of the molecule is O=CNc1cn2cc(-c3c(Cl)c(F)c(C(O)C4CC4)c4[nH]ncc34)ncc2n1. The Morgan fingerprint density at radius 2 is 2.21 bits per heavy atom. The molecule has 142 valence electrons. The second kappa shape index (κ2) is 6.25. The standard InChI is InChI=1S/C18H14ClFN6O2/c19-15-13(10-5-26-6-11(22-7-27)24-12(26)4-21-10)9-3-23-25-17(9)14(16(15)20)18(28)8-1-2-8/h3-8,18,28H,1-2H2,(H,22,27)(H,23,25). The number of carbonyl (C=O) groups excluding carboxylic acids is 1. The van der Waals surface area contributed by atoms with E-state index in [1.165, 1.54) is 12.4 Å². The lowest BCUT2D eigenvalue weighted by molar-refractivity contribution is -0.105. The summed E-state index contributed by atoms with van der Waals surface area (Å²) in [5.41, 5.74) is 1.84. The van der Waals surface area contributed by atoms with E-state index < -0.39 is 11.9 Å². The third kappa shape index (κ3) is 2.54. The van der Waals surface area contributed by atoms with Crippen LogP contribution in [0.1, 0.15) is 24.5 Å². The molecule has 1 aliphatic carbocycles. The molecule has 1 aliphatic rings. The van der Waals surface area contributed by atoms with E-state index >= 15 is 4.39 Å². The van der Waals surface area contributed by atoms with Crippen LogP contribution < -0.4 is 5.32 Å². The lowest BCUT2D eigenvalue weighted by Gasteiger charge is -2.16. The number of hydrogen-bond acceptors (Lipinski definition) is 5. The highest BCUT2D eigenvalue weighted by atomic mass is 35.5. The third-order valence-corrected chi connectivity index (χ3v) is 5.35. The van der Waals surface area contributed by atoms with Gasteiger partial charge in [0, 0.05) is 22.7 Å². The molecule has 8 nitrogen and oxygen atoms in total. The predicted octanol–water partition coefficient (Wildman–Crippen LogP) is 3.08. The van der Waals surface area contributed by atoms with E-state index in [1.807, 2.05) is 0 Å². The number of benzene rings is 1. The number of fused-ring (bicyclic) bond motifs is 2. The van der Waals surface area contributed by atoms with Crippen LogP contribution in [0.2, 0.25) is 5.02 Å². The number of H-pyrrole nitrogens is 1. The molecule has 1 atom stereocenters. The zero-order chi connectivity index (χ0) is 19.4. The first-order chi connectivity index (χ1) is 13.6. The van der Waals surface area contributed by atoms with Gasteiger partial charge in [0.15, 0.2) is 11.5 Å². The van der Waals surface area contributed by atoms with Crippen LogP contribution in [0.4, 0.5) is 10.2 Å². The minimum atomic E-state index is -0.935. The van der Waals surface area contributed by atoms with Gasteiger partial charge < -0.3 is 14.8 Å². The average Bonchev–Trinajstić information content (AvgIpc) is 3.30. The monoisotopic (exact) mass is 400 g/mol. The lowest BCUT2D eigenvalue weighted by atomic mass is 9.97. The zero-order valence-electron chi connectivity index (χ0n) is 14.4. The number of rotatable bonds is 5. The van der Waals surface area contributed by atoms with Crippen LogP contribution in [0.5, 0.6) is 0 Å². The fourth-order valence-corrected chi connectivity index (χ4v) is 3.77. The van der Waals surface area contributed by atoms with E-state index in [-0.39, 0.29) is 16.5 Å². The van der Waals surface area contributed by atoms with Crippen molar-refractivity contribution in [2.75, 3.05) is 5.32 Å². The number of nitrogens with one attached hydrogen (secondary N) is 2. The van der Waals surface area contributed by atoms with Crippen molar-refractivity contribution in [2.45, 2.75) is 18.9 Å². The van der Waals surface area contributed by atoms with E-state index in [1.54, 1.807) is 16.8 Å². The molecule has 1 fully saturated rings. The van der Waals surface area contributed by atoms with Crippen LogP contribution in [-0.2, 0) is 4.79 Å². The molecule has 1 saturated carbocycles. The predicted molar refractivity (Wildman–Crippen MR) is 100 cm³/mol. The maximum absolute atomic E-state index is 15.2. The first-order valence-electron chi connectivity index (χ1n) is 8.65. The number of aromatic amines is 1. The fourth-order valence-electron chi connectivity index (χ4n) is 3.47. The molecule has 0 spiro atoms. The van der Waals surface area contributed by atoms with Crippen molar-refractivity contribution in [1.29, 1.82) is 0 Å². The molecule has 28 heavy (non-hydrogen) atoms. The Labute approximate surface area is 162 Å². The fraction of sp³-hybridized carbons (Fsp3) is 0.222. The van der Waals surface area contributed by atoms with Gasteiger partial charge in [0.1, 0.15) is 5.82 Å². The Morgan fingerprint density at radius 1 is 1.39 bits per heavy atom. The largest absolute Gasteiger partial charge is 0.388 e. The van der Waals surface area contributed by atoms with Crippen molar-refractivity contribution in [3.63, 3.8) is 0 Å². The Morgan fingerprint density at radius 3 is 2.96 bits per heavy atom. The van der Waals surface area contributed by atoms with Crippen LogP contribution >= 0.6 is 11.6 Å². The number of aliphatic hydroxyl groups excluding tert-OH is 1. The second-order valence-electron chi connectivity index (χ2n) is 6.78. The smallest absolute Gasteiger partial charge is 0.212 e. The molecule has 5 rings (SSSR count). The van der Waals surface area contributed by atoms with Crippen LogP contribution in [0, 0.1) is 11.7 Å². The summed E-state index contributed by atoms with van der Waals surface area (Å²) < 4.78 is 16.8. The van der Waals surface area contributed by atoms with Gasteiger partial charge in [-0.3, -0.25) is 14.9 Å². The van der Waals surface area contributed by atoms with Crippen molar-refractivity contribution >= 4 is 40.4 Å². The average molecular weight is 401 g/mol. The Kier molecular flexibility index (Phi) is 3.81. The number of aliphatic hydroxyl groups is 1. The number of nitrogens with zero attached hydrogens (tertiary/aromatic N) is 4. The summed E-state index contributed by atoms with van der Waals surface area (Å²) >= 11 is 6.39. The van der Waals surface area contributed by atoms with Gasteiger partial charge in [-0.05, 0) is 18.8 Å². The van der Waals surface area contributed by atoms with Gasteiger partial charge >= 0.3 is 0 Å². The van der Waals surface area contributed by atoms with E-state index in [0.29, 0.717) is 40.0 Å². The molecule has 1 aromatic carbocycles. The Balaban J connectivity index is 1.72. The number of halogens is 2. The molecule has 3 aromatic heterocycles. The number of aromatic nitrogens is 5. The first kappa shape index (κ1) is 17.1. The van der Waals surface area contributed by atoms with Gasteiger partial charge in [0.2, 0.25) is 6.41 Å². The second-order valence-corrected chi connectivity index (χ2v) is 7.16. The number of imidazole rings is 1. The maximum Gasteiger partial charge on any atom is 0.212 e. The Hall–Kier alpha value is -3.04. The molecule has 0 radical (unpaired) electrons. The van der Waals surface area contributed by atoms with Crippen molar-refractivity contribution in [3.05, 3.63) is 41.2 Å². The minimum Gasteiger partial charge on any atom is -0.388 e. The van der Waals surface area contributed by atoms with Gasteiger partial charge in [0.25, 0.3) is 0 Å². The van der Waals surface area contributed by atoms with E-state index in [2.05, 4.69) is 25.5 Å². The number of carbonyl (C=O) groups is 1. The summed E-state index contributed by atoms with van der Waals surface area (Å²) in [7, 11) is 0. The first-order valence-corrected chi connectivity index (χ1v) is 9.03. The highest BCUT2D eigenvalue weighted by Crippen LogP contribution is 2.47. The van der Waals surface area contributed by atoms with Crippen LogP contribution in [0.15, 0.2) is 24.8 Å². The highest BCUT2D eigenvalue weighted by molar-refractivity contribution is 6.35. The molecule has 1 amide bonds. The van der Waals surface area contributed by atoms with Crippen molar-refractivity contribution in [1.82, 2.24) is 24.6 Å². The molecule has 0 bridgehead atoms. The van der Waals surface area contributed by atoms with Gasteiger partial charge in [-0.2, -0.15) is 5.10 Å². The van der Waals surface area contributed by atoms with Crippen molar-refractivity contribution in [2.24, 2.45) is 5.92 Å². The molecule has 0 saturated heterocycles. The molecule has 1 unspecified atom stereocenters. The third-order valence-electron chi connectivity index (χ3n) is 5.00. The molecule has 3 heterocycles. The summed E-state index contributed by atoms with van der Waals surface area (Å²) in [5.74, 6) is -0.279. The van der Waals surface area contributed by atoms with Crippen LogP contribution in [-0.4, -0.2) is 36.1 Å². The van der Waals surface area contributed by atoms with E-state index in [4.69, 9.17) is 11.6 Å². The quantitative estimate of drug-likeness (QED) is 0.446. The lowest BCUT2D eigenvalue weighted by Crippen LogP contribution is -2.06. The summed E-state index contributed by atoms with van der Waals surface area (Å²) in [5, 5.41) is 20.3. The summed E-state index contributed by atoms with van der Waals surface area (Å²) in [6.45, 7) is 0. The molecule has 3 N–H and O–H groups in total. The number of anilines is 1. The van der Waals surface area contributed by atoms with Gasteiger partial charge in [-0.25, -0.2) is 9.37 Å².